The maximum atomic E-state index is 12.3. The average molecular weight is 335 g/mol. The molecule has 1 aromatic heterocycles. The van der Waals surface area contributed by atoms with Gasteiger partial charge >= 0.3 is 0 Å². The molecule has 2 rings (SSSR count). The molecule has 0 amide bonds. The largest absolute Gasteiger partial charge is 0.338 e. The lowest BCUT2D eigenvalue weighted by atomic mass is 10.2. The van der Waals surface area contributed by atoms with Crippen LogP contribution in [0, 0.1) is 6.92 Å². The van der Waals surface area contributed by atoms with Gasteiger partial charge in [0.1, 0.15) is 11.2 Å². The Labute approximate surface area is 129 Å². The lowest BCUT2D eigenvalue weighted by Gasteiger charge is -2.35. The molecule has 1 aromatic rings. The first kappa shape index (κ1) is 15.9. The molecule has 2 heterocycles. The van der Waals surface area contributed by atoms with Gasteiger partial charge in [-0.05, 0) is 24.6 Å². The van der Waals surface area contributed by atoms with E-state index in [4.69, 9.17) is 11.6 Å². The second-order valence-corrected chi connectivity index (χ2v) is 8.65. The molecule has 0 aliphatic carbocycles. The van der Waals surface area contributed by atoms with Crippen LogP contribution in [0.3, 0.4) is 0 Å². The predicted octanol–water partition coefficient (Wildman–Crippen LogP) is 2.44. The fourth-order valence-corrected chi connectivity index (χ4v) is 5.41. The van der Waals surface area contributed by atoms with Crippen LogP contribution < -0.4 is 4.90 Å². The topological polar surface area (TPSA) is 50.3 Å². The highest BCUT2D eigenvalue weighted by Gasteiger charge is 2.33. The van der Waals surface area contributed by atoms with E-state index in [1.165, 1.54) is 0 Å². The molecule has 20 heavy (non-hydrogen) atoms. The fraction of sp³-hybridized carbons (Fsp3) is 0.615. The molecular weight excluding hydrogens is 316 g/mol. The van der Waals surface area contributed by atoms with Crippen molar-refractivity contribution in [2.75, 3.05) is 28.7 Å². The number of anilines is 1. The van der Waals surface area contributed by atoms with Crippen molar-refractivity contribution in [3.8, 4) is 0 Å². The van der Waals surface area contributed by atoms with Crippen LogP contribution in [0.15, 0.2) is 12.1 Å². The number of aromatic nitrogens is 1. The molecule has 1 atom stereocenters. The van der Waals surface area contributed by atoms with Gasteiger partial charge in [-0.1, -0.05) is 6.92 Å². The van der Waals surface area contributed by atoms with Gasteiger partial charge in [0.05, 0.1) is 0 Å². The van der Waals surface area contributed by atoms with Gasteiger partial charge in [0.2, 0.25) is 0 Å². The number of rotatable bonds is 4. The quantitative estimate of drug-likeness (QED) is 0.792. The van der Waals surface area contributed by atoms with E-state index in [9.17, 15) is 8.42 Å². The zero-order chi connectivity index (χ0) is 14.8. The number of nitrogens with zero attached hydrogens (tertiary/aromatic N) is 2. The highest BCUT2D eigenvalue weighted by Crippen LogP contribution is 2.27. The number of halogens is 1. The summed E-state index contributed by atoms with van der Waals surface area (Å²) in [5, 5.41) is -0.483. The van der Waals surface area contributed by atoms with Gasteiger partial charge in [-0.15, -0.1) is 11.6 Å². The van der Waals surface area contributed by atoms with E-state index < -0.39 is 15.2 Å². The summed E-state index contributed by atoms with van der Waals surface area (Å²) in [7, 11) is -3.12. The number of hydrogen-bond donors (Lipinski definition) is 0. The number of aryl methyl sites for hydroxylation is 1. The Kier molecular flexibility index (Phi) is 5.20. The summed E-state index contributed by atoms with van der Waals surface area (Å²) in [6.45, 7) is 4.30. The third-order valence-electron chi connectivity index (χ3n) is 3.35. The summed E-state index contributed by atoms with van der Waals surface area (Å²) in [6, 6.07) is 3.83. The Morgan fingerprint density at radius 2 is 2.25 bits per heavy atom. The molecule has 0 N–H and O–H groups in total. The zero-order valence-corrected chi connectivity index (χ0v) is 14.1. The molecule has 1 fully saturated rings. The lowest BCUT2D eigenvalue weighted by Crippen LogP contribution is -2.48. The van der Waals surface area contributed by atoms with Crippen molar-refractivity contribution in [3.63, 3.8) is 0 Å². The predicted molar refractivity (Wildman–Crippen MR) is 86.5 cm³/mol. The van der Waals surface area contributed by atoms with E-state index in [0.29, 0.717) is 18.2 Å². The molecule has 4 nitrogen and oxygen atoms in total. The minimum absolute atomic E-state index is 0.156. The third kappa shape index (κ3) is 3.40. The Morgan fingerprint density at radius 1 is 1.50 bits per heavy atom. The van der Waals surface area contributed by atoms with Crippen LogP contribution in [0.1, 0.15) is 18.2 Å². The van der Waals surface area contributed by atoms with Crippen LogP contribution in [0.5, 0.6) is 0 Å². The molecule has 0 saturated carbocycles. The summed E-state index contributed by atoms with van der Waals surface area (Å²) in [4.78, 5) is 6.41. The van der Waals surface area contributed by atoms with Gasteiger partial charge in [-0.2, -0.15) is 11.8 Å². The van der Waals surface area contributed by atoms with Gasteiger partial charge < -0.3 is 4.90 Å². The maximum absolute atomic E-state index is 12.3. The van der Waals surface area contributed by atoms with E-state index >= 15 is 0 Å². The number of sulfone groups is 1. The summed E-state index contributed by atoms with van der Waals surface area (Å²) < 4.78 is 24.5. The first-order valence-corrected chi connectivity index (χ1v) is 9.98. The van der Waals surface area contributed by atoms with E-state index in [1.54, 1.807) is 18.7 Å². The first-order chi connectivity index (χ1) is 9.47. The van der Waals surface area contributed by atoms with Gasteiger partial charge in [-0.25, -0.2) is 13.4 Å². The third-order valence-corrected chi connectivity index (χ3v) is 6.95. The van der Waals surface area contributed by atoms with Gasteiger partial charge in [0.25, 0.3) is 0 Å². The molecule has 0 spiro atoms. The Bertz CT molecular complexity index is 578. The van der Waals surface area contributed by atoms with E-state index in [2.05, 4.69) is 4.98 Å². The van der Waals surface area contributed by atoms with Crippen molar-refractivity contribution in [1.82, 2.24) is 4.98 Å². The second kappa shape index (κ2) is 6.54. The Hall–Kier alpha value is -0.460. The highest BCUT2D eigenvalue weighted by atomic mass is 35.5. The van der Waals surface area contributed by atoms with Crippen LogP contribution >= 0.6 is 23.4 Å². The normalized spacial score (nSPS) is 20.1. The van der Waals surface area contributed by atoms with Crippen LogP contribution in [0.4, 0.5) is 5.82 Å². The van der Waals surface area contributed by atoms with Crippen molar-refractivity contribution in [2.24, 2.45) is 0 Å². The zero-order valence-electron chi connectivity index (χ0n) is 11.7. The maximum Gasteiger partial charge on any atom is 0.171 e. The van der Waals surface area contributed by atoms with Crippen LogP contribution in [0.25, 0.3) is 0 Å². The summed E-state index contributed by atoms with van der Waals surface area (Å²) in [5.74, 6) is 2.80. The summed E-state index contributed by atoms with van der Waals surface area (Å²) in [5.41, 5.74) is 1.84. The van der Waals surface area contributed by atoms with Crippen LogP contribution in [0.2, 0.25) is 0 Å². The van der Waals surface area contributed by atoms with Gasteiger partial charge in [-0.3, -0.25) is 0 Å². The minimum atomic E-state index is -3.12. The second-order valence-electron chi connectivity index (χ2n) is 4.78. The molecular formula is C13H19ClN2O2S2. The molecule has 1 unspecified atom stereocenters. The van der Waals surface area contributed by atoms with E-state index in [-0.39, 0.29) is 5.75 Å². The SMILES string of the molecule is CCS(=O)(=O)C1CSCCN1c1cc(CCl)cc(C)n1. The smallest absolute Gasteiger partial charge is 0.171 e. The Morgan fingerprint density at radius 3 is 2.90 bits per heavy atom. The number of alkyl halides is 1. The van der Waals surface area contributed by atoms with Crippen LogP contribution in [-0.4, -0.2) is 42.6 Å². The molecule has 0 bridgehead atoms. The molecule has 1 aliphatic heterocycles. The van der Waals surface area contributed by atoms with E-state index in [1.807, 2.05) is 24.0 Å². The van der Waals surface area contributed by atoms with Crippen LogP contribution in [-0.2, 0) is 15.7 Å². The lowest BCUT2D eigenvalue weighted by molar-refractivity contribution is 0.578. The standard InChI is InChI=1S/C13H19ClN2O2S2/c1-3-20(17,18)13-9-19-5-4-16(13)12-7-11(8-14)6-10(2)15-12/h6-7,13H,3-5,8-9H2,1-2H3. The first-order valence-electron chi connectivity index (χ1n) is 6.57. The number of pyridine rings is 1. The van der Waals surface area contributed by atoms with Crippen molar-refractivity contribution in [2.45, 2.75) is 25.1 Å². The molecule has 7 heteroatoms. The number of hydrogen-bond acceptors (Lipinski definition) is 5. The van der Waals surface area contributed by atoms with Crippen molar-refractivity contribution in [3.05, 3.63) is 23.4 Å². The molecule has 1 aliphatic rings. The molecule has 0 radical (unpaired) electrons. The fourth-order valence-electron chi connectivity index (χ4n) is 2.28. The molecule has 112 valence electrons. The summed E-state index contributed by atoms with van der Waals surface area (Å²) >= 11 is 7.58. The molecule has 1 saturated heterocycles. The van der Waals surface area contributed by atoms with Crippen molar-refractivity contribution >= 4 is 39.0 Å². The molecule has 0 aromatic carbocycles. The average Bonchev–Trinajstić information content (AvgIpc) is 2.46. The van der Waals surface area contributed by atoms with Crippen molar-refractivity contribution < 1.29 is 8.42 Å². The summed E-state index contributed by atoms with van der Waals surface area (Å²) in [6.07, 6.45) is 0. The number of thioether (sulfide) groups is 1. The van der Waals surface area contributed by atoms with Gasteiger partial charge in [0, 0.05) is 35.4 Å². The monoisotopic (exact) mass is 334 g/mol. The van der Waals surface area contributed by atoms with E-state index in [0.717, 1.165) is 22.8 Å². The minimum Gasteiger partial charge on any atom is -0.338 e. The van der Waals surface area contributed by atoms with Crippen molar-refractivity contribution in [1.29, 1.82) is 0 Å². The highest BCUT2D eigenvalue weighted by molar-refractivity contribution is 8.01. The Balaban J connectivity index is 2.40. The van der Waals surface area contributed by atoms with Gasteiger partial charge in [0.15, 0.2) is 9.84 Å².